The number of aromatic nitrogens is 2. The van der Waals surface area contributed by atoms with Crippen molar-refractivity contribution >= 4 is 35.6 Å². The van der Waals surface area contributed by atoms with E-state index in [1.165, 1.54) is 0 Å². The van der Waals surface area contributed by atoms with Crippen LogP contribution in [-0.4, -0.2) is 17.1 Å². The minimum Gasteiger partial charge on any atom is -0.378 e. The lowest BCUT2D eigenvalue weighted by Gasteiger charge is -2.05. The highest BCUT2D eigenvalue weighted by Crippen LogP contribution is 2.24. The predicted octanol–water partition coefficient (Wildman–Crippen LogP) is 4.23. The standard InChI is InChI=1S/C13H13ClN2OS2/c1-17-7-10-6-13(18)16-12(15-10)8-19-11-4-2-3-9(14)5-11/h2-6H,7-8H2,1H3,(H,15,16,18). The van der Waals surface area contributed by atoms with Crippen molar-refractivity contribution in [3.8, 4) is 0 Å². The van der Waals surface area contributed by atoms with Crippen LogP contribution in [0.5, 0.6) is 0 Å². The summed E-state index contributed by atoms with van der Waals surface area (Å²) < 4.78 is 5.66. The zero-order valence-electron chi connectivity index (χ0n) is 10.4. The average molecular weight is 313 g/mol. The van der Waals surface area contributed by atoms with E-state index >= 15 is 0 Å². The summed E-state index contributed by atoms with van der Waals surface area (Å²) in [5.74, 6) is 1.55. The van der Waals surface area contributed by atoms with Gasteiger partial charge in [-0.25, -0.2) is 4.98 Å². The zero-order valence-corrected chi connectivity index (χ0v) is 12.7. The van der Waals surface area contributed by atoms with E-state index in [0.717, 1.165) is 21.4 Å². The predicted molar refractivity (Wildman–Crippen MR) is 81.1 cm³/mol. The lowest BCUT2D eigenvalue weighted by molar-refractivity contribution is 0.181. The van der Waals surface area contributed by atoms with E-state index in [0.29, 0.717) is 17.0 Å². The summed E-state index contributed by atoms with van der Waals surface area (Å²) in [7, 11) is 1.65. The molecular weight excluding hydrogens is 300 g/mol. The van der Waals surface area contributed by atoms with E-state index in [9.17, 15) is 0 Å². The highest BCUT2D eigenvalue weighted by Gasteiger charge is 2.01. The number of rotatable bonds is 5. The van der Waals surface area contributed by atoms with Crippen molar-refractivity contribution in [2.24, 2.45) is 0 Å². The molecule has 3 nitrogen and oxygen atoms in total. The van der Waals surface area contributed by atoms with Gasteiger partial charge in [-0.15, -0.1) is 11.8 Å². The number of H-pyrrole nitrogens is 1. The summed E-state index contributed by atoms with van der Waals surface area (Å²) in [5.41, 5.74) is 0.934. The lowest BCUT2D eigenvalue weighted by Crippen LogP contribution is -1.99. The maximum Gasteiger partial charge on any atom is 0.130 e. The molecular formula is C13H13ClN2OS2. The summed E-state index contributed by atoms with van der Waals surface area (Å²) in [6, 6.07) is 9.55. The Labute approximate surface area is 126 Å². The molecule has 0 aliphatic rings. The number of benzene rings is 1. The van der Waals surface area contributed by atoms with Crippen LogP contribution >= 0.6 is 35.6 Å². The van der Waals surface area contributed by atoms with Gasteiger partial charge < -0.3 is 9.72 Å². The van der Waals surface area contributed by atoms with Crippen molar-refractivity contribution in [3.63, 3.8) is 0 Å². The molecule has 0 saturated carbocycles. The molecule has 1 N–H and O–H groups in total. The Morgan fingerprint density at radius 2 is 2.26 bits per heavy atom. The fraction of sp³-hybridized carbons (Fsp3) is 0.231. The number of nitrogens with zero attached hydrogens (tertiary/aromatic N) is 1. The van der Waals surface area contributed by atoms with Crippen molar-refractivity contribution in [2.75, 3.05) is 7.11 Å². The molecule has 0 aliphatic heterocycles. The number of methoxy groups -OCH3 is 1. The maximum absolute atomic E-state index is 5.95. The van der Waals surface area contributed by atoms with Gasteiger partial charge in [-0.05, 0) is 24.3 Å². The topological polar surface area (TPSA) is 37.9 Å². The van der Waals surface area contributed by atoms with Crippen molar-refractivity contribution < 1.29 is 4.74 Å². The van der Waals surface area contributed by atoms with Crippen LogP contribution in [0.4, 0.5) is 0 Å². The molecule has 19 heavy (non-hydrogen) atoms. The van der Waals surface area contributed by atoms with Crippen LogP contribution in [0.2, 0.25) is 5.02 Å². The molecule has 1 aromatic heterocycles. The second-order valence-corrected chi connectivity index (χ2v) is 5.77. The first-order valence-electron chi connectivity index (χ1n) is 5.64. The first-order chi connectivity index (χ1) is 9.17. The molecule has 1 aromatic carbocycles. The third-order valence-corrected chi connectivity index (χ3v) is 3.77. The van der Waals surface area contributed by atoms with Crippen LogP contribution in [0.15, 0.2) is 35.2 Å². The molecule has 0 spiro atoms. The summed E-state index contributed by atoms with van der Waals surface area (Å²) in [5, 5.41) is 0.735. The molecule has 0 unspecified atom stereocenters. The van der Waals surface area contributed by atoms with Crippen LogP contribution in [0.1, 0.15) is 11.5 Å². The van der Waals surface area contributed by atoms with Crippen LogP contribution in [0, 0.1) is 4.64 Å². The number of nitrogens with one attached hydrogen (secondary N) is 1. The van der Waals surface area contributed by atoms with Crippen LogP contribution in [-0.2, 0) is 17.1 Å². The molecule has 0 bridgehead atoms. The minimum absolute atomic E-state index is 0.501. The quantitative estimate of drug-likeness (QED) is 0.662. The van der Waals surface area contributed by atoms with Crippen molar-refractivity contribution in [1.82, 2.24) is 9.97 Å². The molecule has 0 saturated heterocycles. The largest absolute Gasteiger partial charge is 0.378 e. The van der Waals surface area contributed by atoms with Gasteiger partial charge in [-0.2, -0.15) is 0 Å². The molecule has 0 fully saturated rings. The first kappa shape index (κ1) is 14.5. The van der Waals surface area contributed by atoms with Gasteiger partial charge in [0, 0.05) is 22.7 Å². The maximum atomic E-state index is 5.95. The number of hydrogen-bond acceptors (Lipinski definition) is 4. The Hall–Kier alpha value is -0.880. The molecule has 0 radical (unpaired) electrons. The van der Waals surface area contributed by atoms with Gasteiger partial charge >= 0.3 is 0 Å². The smallest absolute Gasteiger partial charge is 0.130 e. The van der Waals surface area contributed by atoms with Gasteiger partial charge in [0.2, 0.25) is 0 Å². The second kappa shape index (κ2) is 7.05. The number of ether oxygens (including phenoxy) is 1. The summed E-state index contributed by atoms with van der Waals surface area (Å²) in [4.78, 5) is 8.62. The van der Waals surface area contributed by atoms with E-state index in [-0.39, 0.29) is 0 Å². The van der Waals surface area contributed by atoms with E-state index in [2.05, 4.69) is 9.97 Å². The molecule has 0 amide bonds. The second-order valence-electron chi connectivity index (χ2n) is 3.87. The van der Waals surface area contributed by atoms with Crippen molar-refractivity contribution in [2.45, 2.75) is 17.3 Å². The van der Waals surface area contributed by atoms with Gasteiger partial charge in [0.1, 0.15) is 10.5 Å². The molecule has 2 aromatic rings. The Morgan fingerprint density at radius 3 is 3.00 bits per heavy atom. The summed E-state index contributed by atoms with van der Waals surface area (Å²) in [6.45, 7) is 0.501. The van der Waals surface area contributed by atoms with Gasteiger partial charge in [0.25, 0.3) is 0 Å². The first-order valence-corrected chi connectivity index (χ1v) is 7.41. The minimum atomic E-state index is 0.501. The van der Waals surface area contributed by atoms with Crippen molar-refractivity contribution in [3.05, 3.63) is 51.5 Å². The van der Waals surface area contributed by atoms with Crippen LogP contribution in [0.25, 0.3) is 0 Å². The SMILES string of the molecule is COCc1cc(=S)nc(CSc2cccc(Cl)c2)[nH]1. The molecule has 2 rings (SSSR count). The van der Waals surface area contributed by atoms with Gasteiger partial charge in [0.15, 0.2) is 0 Å². The Balaban J connectivity index is 2.09. The van der Waals surface area contributed by atoms with E-state index in [1.807, 2.05) is 30.3 Å². The van der Waals surface area contributed by atoms with Crippen molar-refractivity contribution in [1.29, 1.82) is 0 Å². The Bertz CT molecular complexity index is 616. The molecule has 100 valence electrons. The fourth-order valence-corrected chi connectivity index (χ4v) is 2.91. The highest BCUT2D eigenvalue weighted by atomic mass is 35.5. The molecule has 0 atom stereocenters. The number of aromatic amines is 1. The van der Waals surface area contributed by atoms with Gasteiger partial charge in [0.05, 0.1) is 12.4 Å². The third-order valence-electron chi connectivity index (χ3n) is 2.32. The van der Waals surface area contributed by atoms with Crippen LogP contribution < -0.4 is 0 Å². The molecule has 6 heteroatoms. The lowest BCUT2D eigenvalue weighted by atomic mass is 10.4. The van der Waals surface area contributed by atoms with E-state index < -0.39 is 0 Å². The van der Waals surface area contributed by atoms with E-state index in [1.54, 1.807) is 18.9 Å². The Morgan fingerprint density at radius 1 is 1.42 bits per heavy atom. The fourth-order valence-electron chi connectivity index (χ4n) is 1.57. The zero-order chi connectivity index (χ0) is 13.7. The number of halogens is 1. The third kappa shape index (κ3) is 4.62. The highest BCUT2D eigenvalue weighted by molar-refractivity contribution is 7.98. The average Bonchev–Trinajstić information content (AvgIpc) is 2.36. The summed E-state index contributed by atoms with van der Waals surface area (Å²) >= 11 is 12.7. The van der Waals surface area contributed by atoms with Gasteiger partial charge in [-0.3, -0.25) is 0 Å². The Kier molecular flexibility index (Phi) is 5.39. The number of thioether (sulfide) groups is 1. The van der Waals surface area contributed by atoms with Gasteiger partial charge in [-0.1, -0.05) is 29.9 Å². The monoisotopic (exact) mass is 312 g/mol. The molecule has 0 aliphatic carbocycles. The summed E-state index contributed by atoms with van der Waals surface area (Å²) in [6.07, 6.45) is 0. The normalized spacial score (nSPS) is 10.6. The number of hydrogen-bond donors (Lipinski definition) is 1. The van der Waals surface area contributed by atoms with Crippen LogP contribution in [0.3, 0.4) is 0 Å². The van der Waals surface area contributed by atoms with E-state index in [4.69, 9.17) is 28.6 Å². The molecule has 1 heterocycles.